The van der Waals surface area contributed by atoms with E-state index < -0.39 is 5.97 Å². The summed E-state index contributed by atoms with van der Waals surface area (Å²) in [5.41, 5.74) is 0.221. The Labute approximate surface area is 125 Å². The third kappa shape index (κ3) is 4.93. The van der Waals surface area contributed by atoms with Crippen LogP contribution in [-0.2, 0) is 16.1 Å². The number of anilines is 1. The molecule has 0 aromatic carbocycles. The van der Waals surface area contributed by atoms with Crippen molar-refractivity contribution < 1.29 is 9.53 Å². The number of ether oxygens (including phenoxy) is 1. The highest BCUT2D eigenvalue weighted by Crippen LogP contribution is 2.15. The number of hydrogen-bond donors (Lipinski definition) is 2. The molecule has 1 aromatic heterocycles. The highest BCUT2D eigenvalue weighted by Gasteiger charge is 2.11. The van der Waals surface area contributed by atoms with Crippen LogP contribution in [0.4, 0.5) is 5.69 Å². The minimum atomic E-state index is -0.520. The van der Waals surface area contributed by atoms with Crippen LogP contribution in [0.5, 0.6) is 0 Å². The van der Waals surface area contributed by atoms with Gasteiger partial charge in [-0.3, -0.25) is 9.59 Å². The second-order valence-corrected chi connectivity index (χ2v) is 5.24. The molecule has 0 atom stereocenters. The highest BCUT2D eigenvalue weighted by atomic mass is 79.9. The molecule has 1 aromatic rings. The third-order valence-electron chi connectivity index (χ3n) is 2.48. The maximum Gasteiger partial charge on any atom is 0.327 e. The van der Waals surface area contributed by atoms with Gasteiger partial charge in [0.25, 0.3) is 5.56 Å². The van der Waals surface area contributed by atoms with E-state index in [1.54, 1.807) is 0 Å². The maximum absolute atomic E-state index is 12.0. The number of aromatic nitrogens is 2. The number of carbonyl (C=O) groups excluding carboxylic acids is 1. The summed E-state index contributed by atoms with van der Waals surface area (Å²) >= 11 is 3.22. The highest BCUT2D eigenvalue weighted by molar-refractivity contribution is 9.10. The van der Waals surface area contributed by atoms with E-state index in [1.165, 1.54) is 13.3 Å². The molecule has 0 aliphatic carbocycles. The summed E-state index contributed by atoms with van der Waals surface area (Å²) in [6, 6.07) is 0.409. The number of esters is 1. The molecule has 1 rings (SSSR count). The lowest BCUT2D eigenvalue weighted by atomic mass is 10.4. The van der Waals surface area contributed by atoms with Crippen molar-refractivity contribution in [3.8, 4) is 0 Å². The zero-order valence-corrected chi connectivity index (χ0v) is 13.4. The molecule has 0 unspecified atom stereocenters. The Morgan fingerprint density at radius 2 is 2.20 bits per heavy atom. The van der Waals surface area contributed by atoms with E-state index >= 15 is 0 Å². The van der Waals surface area contributed by atoms with Gasteiger partial charge in [0.15, 0.2) is 0 Å². The van der Waals surface area contributed by atoms with E-state index in [9.17, 15) is 9.59 Å². The van der Waals surface area contributed by atoms with Gasteiger partial charge >= 0.3 is 5.97 Å². The lowest BCUT2D eigenvalue weighted by Crippen LogP contribution is -2.30. The summed E-state index contributed by atoms with van der Waals surface area (Å²) in [7, 11) is 1.26. The smallest absolute Gasteiger partial charge is 0.327 e. The lowest BCUT2D eigenvalue weighted by molar-refractivity contribution is -0.141. The van der Waals surface area contributed by atoms with Crippen LogP contribution < -0.4 is 16.2 Å². The van der Waals surface area contributed by atoms with Crippen LogP contribution in [0.2, 0.25) is 0 Å². The molecule has 2 N–H and O–H groups in total. The molecule has 7 nitrogen and oxygen atoms in total. The van der Waals surface area contributed by atoms with Gasteiger partial charge in [-0.2, -0.15) is 5.10 Å². The first-order valence-corrected chi connectivity index (χ1v) is 7.04. The Hall–Kier alpha value is -1.41. The summed E-state index contributed by atoms with van der Waals surface area (Å²) in [4.78, 5) is 23.1. The Bertz CT molecular complexity index is 516. The average molecular weight is 347 g/mol. The van der Waals surface area contributed by atoms with E-state index in [0.29, 0.717) is 22.7 Å². The predicted octanol–water partition coefficient (Wildman–Crippen LogP) is 0.589. The van der Waals surface area contributed by atoms with Crippen molar-refractivity contribution >= 4 is 27.6 Å². The van der Waals surface area contributed by atoms with Crippen molar-refractivity contribution in [2.24, 2.45) is 0 Å². The van der Waals surface area contributed by atoms with Crippen molar-refractivity contribution in [2.45, 2.75) is 26.4 Å². The number of nitrogens with zero attached hydrogens (tertiary/aromatic N) is 2. The van der Waals surface area contributed by atoms with Crippen LogP contribution in [0, 0.1) is 0 Å². The molecule has 0 aliphatic rings. The van der Waals surface area contributed by atoms with Crippen molar-refractivity contribution in [1.82, 2.24) is 15.1 Å². The molecule has 1 heterocycles. The Kier molecular flexibility index (Phi) is 6.66. The number of halogens is 1. The van der Waals surface area contributed by atoms with Gasteiger partial charge in [-0.15, -0.1) is 0 Å². The quantitative estimate of drug-likeness (QED) is 0.555. The second-order valence-electron chi connectivity index (χ2n) is 4.45. The van der Waals surface area contributed by atoms with Gasteiger partial charge < -0.3 is 15.4 Å². The van der Waals surface area contributed by atoms with Crippen LogP contribution in [0.3, 0.4) is 0 Å². The SMILES string of the molecule is COC(=O)Cn1ncc(NCCNC(C)C)c(Br)c1=O. The Morgan fingerprint density at radius 3 is 2.80 bits per heavy atom. The van der Waals surface area contributed by atoms with Crippen molar-refractivity contribution in [3.63, 3.8) is 0 Å². The van der Waals surface area contributed by atoms with E-state index in [4.69, 9.17) is 0 Å². The number of rotatable bonds is 7. The van der Waals surface area contributed by atoms with E-state index in [2.05, 4.69) is 50.2 Å². The lowest BCUT2D eigenvalue weighted by Gasteiger charge is -2.11. The van der Waals surface area contributed by atoms with Gasteiger partial charge in [-0.1, -0.05) is 13.8 Å². The summed E-state index contributed by atoms with van der Waals surface area (Å²) in [6.45, 7) is 5.36. The fraction of sp³-hybridized carbons (Fsp3) is 0.583. The van der Waals surface area contributed by atoms with Crippen LogP contribution >= 0.6 is 15.9 Å². The van der Waals surface area contributed by atoms with Crippen LogP contribution in [-0.4, -0.2) is 42.0 Å². The summed E-state index contributed by atoms with van der Waals surface area (Å²) in [5.74, 6) is -0.520. The van der Waals surface area contributed by atoms with E-state index in [-0.39, 0.29) is 12.1 Å². The number of hydrogen-bond acceptors (Lipinski definition) is 6. The predicted molar refractivity (Wildman–Crippen MR) is 79.8 cm³/mol. The summed E-state index contributed by atoms with van der Waals surface area (Å²) < 4.78 is 5.90. The molecule has 0 radical (unpaired) electrons. The third-order valence-corrected chi connectivity index (χ3v) is 3.25. The van der Waals surface area contributed by atoms with Gasteiger partial charge in [0, 0.05) is 19.1 Å². The van der Waals surface area contributed by atoms with Gasteiger partial charge in [0.05, 0.1) is 19.0 Å². The molecule has 0 spiro atoms. The summed E-state index contributed by atoms with van der Waals surface area (Å²) in [5, 5.41) is 10.3. The average Bonchev–Trinajstić information content (AvgIpc) is 2.41. The number of nitrogens with one attached hydrogen (secondary N) is 2. The van der Waals surface area contributed by atoms with Gasteiger partial charge in [0.1, 0.15) is 11.0 Å². The van der Waals surface area contributed by atoms with Gasteiger partial charge in [-0.05, 0) is 15.9 Å². The monoisotopic (exact) mass is 346 g/mol. The van der Waals surface area contributed by atoms with Crippen LogP contribution in [0.1, 0.15) is 13.8 Å². The first-order valence-electron chi connectivity index (χ1n) is 6.25. The Balaban J connectivity index is 2.69. The second kappa shape index (κ2) is 8.01. The van der Waals surface area contributed by atoms with E-state index in [0.717, 1.165) is 11.2 Å². The Morgan fingerprint density at radius 1 is 1.50 bits per heavy atom. The summed E-state index contributed by atoms with van der Waals surface area (Å²) in [6.07, 6.45) is 1.50. The zero-order chi connectivity index (χ0) is 15.1. The molecule has 0 saturated heterocycles. The molecule has 0 aliphatic heterocycles. The molecule has 0 fully saturated rings. The molecular weight excluding hydrogens is 328 g/mol. The molecular formula is C12H19BrN4O3. The zero-order valence-electron chi connectivity index (χ0n) is 11.8. The molecule has 20 heavy (non-hydrogen) atoms. The minimum absolute atomic E-state index is 0.205. The van der Waals surface area contributed by atoms with Crippen molar-refractivity contribution in [3.05, 3.63) is 21.0 Å². The number of carbonyl (C=O) groups is 1. The number of methoxy groups -OCH3 is 1. The fourth-order valence-electron chi connectivity index (χ4n) is 1.45. The standard InChI is InChI=1S/C12H19BrN4O3/c1-8(2)14-4-5-15-9-6-16-17(7-10(18)20-3)12(19)11(9)13/h6,8,14-15H,4-5,7H2,1-3H3. The van der Waals surface area contributed by atoms with Gasteiger partial charge in [-0.25, -0.2) is 4.68 Å². The first kappa shape index (κ1) is 16.6. The van der Waals surface area contributed by atoms with Gasteiger partial charge in [0.2, 0.25) is 0 Å². The normalized spacial score (nSPS) is 10.7. The van der Waals surface area contributed by atoms with Crippen LogP contribution in [0.25, 0.3) is 0 Å². The van der Waals surface area contributed by atoms with Crippen molar-refractivity contribution in [1.29, 1.82) is 0 Å². The molecule has 8 heteroatoms. The molecule has 0 amide bonds. The molecule has 112 valence electrons. The molecule has 0 saturated carbocycles. The van der Waals surface area contributed by atoms with E-state index in [1.807, 2.05) is 0 Å². The maximum atomic E-state index is 12.0. The fourth-order valence-corrected chi connectivity index (χ4v) is 1.89. The first-order chi connectivity index (χ1) is 9.45. The van der Waals surface area contributed by atoms with Crippen molar-refractivity contribution in [2.75, 3.05) is 25.5 Å². The molecule has 0 bridgehead atoms. The largest absolute Gasteiger partial charge is 0.468 e. The minimum Gasteiger partial charge on any atom is -0.468 e. The topological polar surface area (TPSA) is 85.2 Å². The van der Waals surface area contributed by atoms with Crippen LogP contribution in [0.15, 0.2) is 15.5 Å².